The van der Waals surface area contributed by atoms with E-state index in [1.807, 2.05) is 0 Å². The van der Waals surface area contributed by atoms with E-state index in [4.69, 9.17) is 26.2 Å². The Bertz CT molecular complexity index is 1270. The maximum absolute atomic E-state index is 8.21. The number of ether oxygens (including phenoxy) is 1. The van der Waals surface area contributed by atoms with Gasteiger partial charge in [-0.2, -0.15) is 0 Å². The van der Waals surface area contributed by atoms with Gasteiger partial charge in [0.2, 0.25) is 0 Å². The van der Waals surface area contributed by atoms with Gasteiger partial charge in [-0.05, 0) is 0 Å². The molecule has 0 spiro atoms. The molecule has 2 nitrogen and oxygen atoms in total. The Morgan fingerprint density at radius 3 is 1.77 bits per heavy atom. The molecule has 1 unspecified atom stereocenters. The first-order valence-electron chi connectivity index (χ1n) is 12.4. The number of allylic oxidation sites excluding steroid dienone is 1. The molecule has 7 heteroatoms. The number of halogens is 2. The van der Waals surface area contributed by atoms with E-state index >= 15 is 0 Å². The van der Waals surface area contributed by atoms with Gasteiger partial charge in [-0.25, -0.2) is 0 Å². The predicted octanol–water partition coefficient (Wildman–Crippen LogP) is 8.66. The molecule has 3 aromatic carbocycles. The molecule has 0 heterocycles. The van der Waals surface area contributed by atoms with E-state index in [2.05, 4.69) is 112 Å². The molecule has 0 radical (unpaired) electrons. The summed E-state index contributed by atoms with van der Waals surface area (Å²) in [5, 5.41) is 0. The van der Waals surface area contributed by atoms with Crippen molar-refractivity contribution in [1.29, 1.82) is 0 Å². The molecule has 1 atom stereocenters. The van der Waals surface area contributed by atoms with Gasteiger partial charge in [0.05, 0.1) is 0 Å². The third-order valence-corrected chi connectivity index (χ3v) is 60.4. The van der Waals surface area contributed by atoms with Crippen LogP contribution in [-0.2, 0) is 24.7 Å². The van der Waals surface area contributed by atoms with Crippen LogP contribution in [0.15, 0.2) is 78.9 Å². The van der Waals surface area contributed by atoms with E-state index < -0.39 is 29.8 Å². The van der Waals surface area contributed by atoms with Gasteiger partial charge in [0.1, 0.15) is 0 Å². The summed E-state index contributed by atoms with van der Waals surface area (Å²) in [7, 11) is 14.7. The molecule has 3 aromatic rings. The van der Waals surface area contributed by atoms with Crippen LogP contribution in [0.1, 0.15) is 29.5 Å². The second-order valence-corrected chi connectivity index (χ2v) is 58.2. The first kappa shape index (κ1) is 25.7. The molecular formula is C28H33Cl2O2Si2Zr. The zero-order valence-electron chi connectivity index (χ0n) is 21.0. The van der Waals surface area contributed by atoms with Gasteiger partial charge in [0, 0.05) is 0 Å². The Morgan fingerprint density at radius 1 is 0.771 bits per heavy atom. The Labute approximate surface area is 219 Å². The van der Waals surface area contributed by atoms with Crippen molar-refractivity contribution in [3.05, 3.63) is 101 Å². The maximum atomic E-state index is 8.21. The van der Waals surface area contributed by atoms with Crippen LogP contribution in [0, 0.1) is 0 Å². The number of rotatable bonds is 7. The topological polar surface area (TPSA) is 18.5 Å². The number of hydrogen-bond acceptors (Lipinski definition) is 2. The van der Waals surface area contributed by atoms with Gasteiger partial charge >= 0.3 is 221 Å². The van der Waals surface area contributed by atoms with Gasteiger partial charge in [-0.3, -0.25) is 0 Å². The fraction of sp³-hybridized carbons (Fsp3) is 0.286. The third-order valence-electron chi connectivity index (χ3n) is 7.67. The van der Waals surface area contributed by atoms with Crippen molar-refractivity contribution in [2.24, 2.45) is 0 Å². The summed E-state index contributed by atoms with van der Waals surface area (Å²) in [6, 6.07) is 25.9. The van der Waals surface area contributed by atoms with Crippen LogP contribution >= 0.6 is 17.0 Å². The zero-order valence-corrected chi connectivity index (χ0v) is 27.1. The molecule has 2 aliphatic rings. The van der Waals surface area contributed by atoms with Crippen LogP contribution in [0.3, 0.4) is 0 Å². The first-order valence-corrected chi connectivity index (χ1v) is 32.1. The molecule has 0 saturated heterocycles. The van der Waals surface area contributed by atoms with E-state index in [-0.39, 0.29) is 14.0 Å². The van der Waals surface area contributed by atoms with E-state index in [1.165, 1.54) is 27.8 Å². The Morgan fingerprint density at radius 2 is 1.26 bits per heavy atom. The molecule has 2 aliphatic carbocycles. The minimum absolute atomic E-state index is 0.00580. The zero-order chi connectivity index (χ0) is 25.0. The summed E-state index contributed by atoms with van der Waals surface area (Å²) in [5.74, 6) is -0.703. The quantitative estimate of drug-likeness (QED) is 0.195. The molecule has 0 fully saturated rings. The molecule has 0 saturated carbocycles. The Hall–Kier alpha value is -0.943. The van der Waals surface area contributed by atoms with Gasteiger partial charge in [0.25, 0.3) is 0 Å². The molecule has 35 heavy (non-hydrogen) atoms. The van der Waals surface area contributed by atoms with Crippen molar-refractivity contribution < 1.29 is 24.7 Å². The van der Waals surface area contributed by atoms with Crippen LogP contribution in [0.4, 0.5) is 0 Å². The molecule has 5 rings (SSSR count). The summed E-state index contributed by atoms with van der Waals surface area (Å²) in [4.78, 5) is 0. The van der Waals surface area contributed by atoms with E-state index in [0.29, 0.717) is 0 Å². The predicted molar refractivity (Wildman–Crippen MR) is 152 cm³/mol. The van der Waals surface area contributed by atoms with E-state index in [0.717, 1.165) is 11.3 Å². The summed E-state index contributed by atoms with van der Waals surface area (Å²) in [5.41, 5.74) is 7.47. The summed E-state index contributed by atoms with van der Waals surface area (Å²) in [6.07, 6.45) is 2.25. The SMILES string of the molecule is C[SiH](C)[Zr]([Cl])([Cl])([CH]1C=C(OCO[Si](C)(C)C)c2ccccc21)[CH]1c2ccccc2-c2ccccc21. The molecule has 0 bridgehead atoms. The van der Waals surface area contributed by atoms with Gasteiger partial charge in [-0.15, -0.1) is 0 Å². The van der Waals surface area contributed by atoms with Gasteiger partial charge in [0.15, 0.2) is 0 Å². The van der Waals surface area contributed by atoms with Gasteiger partial charge in [-0.1, -0.05) is 0 Å². The van der Waals surface area contributed by atoms with E-state index in [9.17, 15) is 0 Å². The molecular weight excluding hydrogens is 587 g/mol. The summed E-state index contributed by atoms with van der Waals surface area (Å²) >= 11 is -4.66. The van der Waals surface area contributed by atoms with Crippen molar-refractivity contribution in [2.75, 3.05) is 6.79 Å². The normalized spacial score (nSPS) is 18.5. The molecule has 0 amide bonds. The monoisotopic (exact) mass is 617 g/mol. The average molecular weight is 620 g/mol. The molecule has 0 aliphatic heterocycles. The van der Waals surface area contributed by atoms with Crippen LogP contribution in [0.2, 0.25) is 32.7 Å². The summed E-state index contributed by atoms with van der Waals surface area (Å²) in [6.45, 7) is 11.5. The number of hydrogen-bond donors (Lipinski definition) is 0. The van der Waals surface area contributed by atoms with Crippen molar-refractivity contribution in [3.63, 3.8) is 0 Å². The Balaban J connectivity index is 1.68. The van der Waals surface area contributed by atoms with E-state index in [1.54, 1.807) is 0 Å². The second kappa shape index (κ2) is 9.11. The number of fused-ring (bicyclic) bond motifs is 4. The fourth-order valence-electron chi connectivity index (χ4n) is 5.80. The standard InChI is InChI=1S/C13H17O2Si.C13H9.C2H7Si.2ClH.Zr/c1-16(2,3)15-10-14-13-9-8-11-6-4-5-7-12(11)13;1-3-7-12-10(5-1)9-11-6-2-4-8-13(11)12;1-3-2;;;/h4-9H,10H2,1-3H3;1-9H;3H,1-2H3;2*1H;/q;;;;;+2/p-2. The van der Waals surface area contributed by atoms with Crippen molar-refractivity contribution in [2.45, 2.75) is 40.0 Å². The first-order chi connectivity index (χ1) is 16.5. The van der Waals surface area contributed by atoms with Crippen LogP contribution in [-0.4, -0.2) is 21.0 Å². The van der Waals surface area contributed by atoms with Crippen LogP contribution < -0.4 is 0 Å². The van der Waals surface area contributed by atoms with Gasteiger partial charge < -0.3 is 0 Å². The minimum atomic E-state index is -4.66. The van der Waals surface area contributed by atoms with Crippen molar-refractivity contribution in [1.82, 2.24) is 0 Å². The Kier molecular flexibility index (Phi) is 6.69. The van der Waals surface area contributed by atoms with Crippen molar-refractivity contribution >= 4 is 37.0 Å². The summed E-state index contributed by atoms with van der Waals surface area (Å²) < 4.78 is 12.3. The van der Waals surface area contributed by atoms with Crippen LogP contribution in [0.5, 0.6) is 0 Å². The molecule has 0 aromatic heterocycles. The third kappa shape index (κ3) is 4.21. The average Bonchev–Trinajstić information content (AvgIpc) is 3.36. The van der Waals surface area contributed by atoms with Crippen LogP contribution in [0.25, 0.3) is 16.9 Å². The molecule has 183 valence electrons. The second-order valence-electron chi connectivity index (χ2n) is 11.1. The fourth-order valence-corrected chi connectivity index (χ4v) is 34.8. The molecule has 0 N–H and O–H groups in total. The number of benzene rings is 3. The van der Waals surface area contributed by atoms with Crippen molar-refractivity contribution in [3.8, 4) is 11.1 Å².